The normalized spacial score (nSPS) is 10.2. The third-order valence-corrected chi connectivity index (χ3v) is 2.73. The Morgan fingerprint density at radius 3 is 2.58 bits per heavy atom. The third kappa shape index (κ3) is 3.31. The zero-order chi connectivity index (χ0) is 13.8. The highest BCUT2D eigenvalue weighted by Crippen LogP contribution is 2.15. The number of rotatable bonds is 3. The Hall–Kier alpha value is -2.36. The van der Waals surface area contributed by atoms with Gasteiger partial charge in [0.05, 0.1) is 5.56 Å². The number of nitrogen functional groups attached to an aromatic ring is 1. The van der Waals surface area contributed by atoms with E-state index < -0.39 is 11.8 Å². The monoisotopic (exact) mass is 259 g/mol. The molecule has 2 rings (SSSR count). The minimum Gasteiger partial charge on any atom is -0.457 e. The Kier molecular flexibility index (Phi) is 3.80. The zero-order valence-corrected chi connectivity index (χ0v) is 10.5. The lowest BCUT2D eigenvalue weighted by atomic mass is 10.1. The number of halogens is 1. The summed E-state index contributed by atoms with van der Waals surface area (Å²) >= 11 is 0. The van der Waals surface area contributed by atoms with Crippen molar-refractivity contribution in [3.63, 3.8) is 0 Å². The van der Waals surface area contributed by atoms with E-state index in [4.69, 9.17) is 10.5 Å². The lowest BCUT2D eigenvalue weighted by molar-refractivity contribution is 0.0473. The first kappa shape index (κ1) is 13.1. The molecular weight excluding hydrogens is 245 g/mol. The van der Waals surface area contributed by atoms with Gasteiger partial charge in [0.2, 0.25) is 0 Å². The Morgan fingerprint density at radius 1 is 1.21 bits per heavy atom. The SMILES string of the molecule is Cc1ccc(COC(=O)c2cc(F)ccc2N)cc1. The molecule has 98 valence electrons. The van der Waals surface area contributed by atoms with Gasteiger partial charge in [-0.1, -0.05) is 29.8 Å². The highest BCUT2D eigenvalue weighted by molar-refractivity contribution is 5.95. The predicted octanol–water partition coefficient (Wildman–Crippen LogP) is 3.07. The van der Waals surface area contributed by atoms with E-state index in [2.05, 4.69) is 0 Å². The molecule has 0 saturated heterocycles. The fraction of sp³-hybridized carbons (Fsp3) is 0.133. The molecule has 0 unspecified atom stereocenters. The quantitative estimate of drug-likeness (QED) is 0.680. The Morgan fingerprint density at radius 2 is 1.89 bits per heavy atom. The van der Waals surface area contributed by atoms with Crippen LogP contribution in [0.25, 0.3) is 0 Å². The van der Waals surface area contributed by atoms with E-state index in [1.54, 1.807) is 0 Å². The molecular formula is C15H14FNO2. The summed E-state index contributed by atoms with van der Waals surface area (Å²) in [6.45, 7) is 2.11. The van der Waals surface area contributed by atoms with E-state index in [1.807, 2.05) is 31.2 Å². The molecule has 0 aliphatic rings. The number of ether oxygens (including phenoxy) is 1. The van der Waals surface area contributed by atoms with E-state index >= 15 is 0 Å². The van der Waals surface area contributed by atoms with Crippen molar-refractivity contribution in [2.45, 2.75) is 13.5 Å². The van der Waals surface area contributed by atoms with Gasteiger partial charge in [0.25, 0.3) is 0 Å². The summed E-state index contributed by atoms with van der Waals surface area (Å²) in [5.74, 6) is -1.14. The van der Waals surface area contributed by atoms with Crippen molar-refractivity contribution in [1.82, 2.24) is 0 Å². The van der Waals surface area contributed by atoms with Gasteiger partial charge < -0.3 is 10.5 Å². The van der Waals surface area contributed by atoms with Gasteiger partial charge in [-0.3, -0.25) is 0 Å². The molecule has 0 aliphatic carbocycles. The van der Waals surface area contributed by atoms with Crippen molar-refractivity contribution in [1.29, 1.82) is 0 Å². The summed E-state index contributed by atoms with van der Waals surface area (Å²) in [6, 6.07) is 11.2. The molecule has 0 saturated carbocycles. The molecule has 0 bridgehead atoms. The molecule has 2 aromatic rings. The van der Waals surface area contributed by atoms with Gasteiger partial charge in [0.1, 0.15) is 12.4 Å². The molecule has 0 aliphatic heterocycles. The second kappa shape index (κ2) is 5.52. The van der Waals surface area contributed by atoms with Crippen LogP contribution in [0.5, 0.6) is 0 Å². The van der Waals surface area contributed by atoms with E-state index in [-0.39, 0.29) is 17.9 Å². The number of hydrogen-bond acceptors (Lipinski definition) is 3. The molecule has 0 aromatic heterocycles. The Balaban J connectivity index is 2.05. The van der Waals surface area contributed by atoms with Gasteiger partial charge in [-0.05, 0) is 30.7 Å². The van der Waals surface area contributed by atoms with Crippen LogP contribution in [0.1, 0.15) is 21.5 Å². The fourth-order valence-electron chi connectivity index (χ4n) is 1.62. The maximum Gasteiger partial charge on any atom is 0.340 e. The minimum atomic E-state index is -0.627. The van der Waals surface area contributed by atoms with Crippen molar-refractivity contribution < 1.29 is 13.9 Å². The van der Waals surface area contributed by atoms with E-state index in [1.165, 1.54) is 12.1 Å². The maximum absolute atomic E-state index is 13.1. The van der Waals surface area contributed by atoms with Gasteiger partial charge in [-0.2, -0.15) is 0 Å². The average Bonchev–Trinajstić information content (AvgIpc) is 2.40. The van der Waals surface area contributed by atoms with Crippen molar-refractivity contribution >= 4 is 11.7 Å². The average molecular weight is 259 g/mol. The van der Waals surface area contributed by atoms with Crippen LogP contribution in [0.3, 0.4) is 0 Å². The van der Waals surface area contributed by atoms with E-state index in [9.17, 15) is 9.18 Å². The number of aryl methyl sites for hydroxylation is 1. The number of carbonyl (C=O) groups excluding carboxylic acids is 1. The smallest absolute Gasteiger partial charge is 0.340 e. The molecule has 4 heteroatoms. The fourth-order valence-corrected chi connectivity index (χ4v) is 1.62. The van der Waals surface area contributed by atoms with Crippen LogP contribution < -0.4 is 5.73 Å². The van der Waals surface area contributed by atoms with Crippen molar-refractivity contribution in [3.05, 3.63) is 65.0 Å². The van der Waals surface area contributed by atoms with Gasteiger partial charge >= 0.3 is 5.97 Å². The zero-order valence-electron chi connectivity index (χ0n) is 10.5. The van der Waals surface area contributed by atoms with Gasteiger partial charge in [-0.15, -0.1) is 0 Å². The standard InChI is InChI=1S/C15H14FNO2/c1-10-2-4-11(5-3-10)9-19-15(18)13-8-12(16)6-7-14(13)17/h2-8H,9,17H2,1H3. The van der Waals surface area contributed by atoms with Crippen LogP contribution in [-0.2, 0) is 11.3 Å². The van der Waals surface area contributed by atoms with E-state index in [0.717, 1.165) is 17.2 Å². The van der Waals surface area contributed by atoms with Gasteiger partial charge in [-0.25, -0.2) is 9.18 Å². The molecule has 3 nitrogen and oxygen atoms in total. The van der Waals surface area contributed by atoms with Crippen LogP contribution in [0.2, 0.25) is 0 Å². The molecule has 0 radical (unpaired) electrons. The number of carbonyl (C=O) groups is 1. The largest absolute Gasteiger partial charge is 0.457 e. The van der Waals surface area contributed by atoms with E-state index in [0.29, 0.717) is 0 Å². The number of hydrogen-bond donors (Lipinski definition) is 1. The number of benzene rings is 2. The summed E-state index contributed by atoms with van der Waals surface area (Å²) < 4.78 is 18.2. The topological polar surface area (TPSA) is 52.3 Å². The lowest BCUT2D eigenvalue weighted by Gasteiger charge is -2.07. The van der Waals surface area contributed by atoms with Crippen molar-refractivity contribution in [3.8, 4) is 0 Å². The van der Waals surface area contributed by atoms with Crippen LogP contribution in [0, 0.1) is 12.7 Å². The van der Waals surface area contributed by atoms with Crippen molar-refractivity contribution in [2.75, 3.05) is 5.73 Å². The maximum atomic E-state index is 13.1. The predicted molar refractivity (Wildman–Crippen MR) is 71.1 cm³/mol. The number of esters is 1. The number of anilines is 1. The lowest BCUT2D eigenvalue weighted by Crippen LogP contribution is -2.08. The second-order valence-electron chi connectivity index (χ2n) is 4.29. The first-order valence-electron chi connectivity index (χ1n) is 5.84. The Bertz CT molecular complexity index is 594. The molecule has 2 N–H and O–H groups in total. The summed E-state index contributed by atoms with van der Waals surface area (Å²) in [4.78, 5) is 11.8. The molecule has 0 fully saturated rings. The highest BCUT2D eigenvalue weighted by atomic mass is 19.1. The molecule has 0 atom stereocenters. The molecule has 19 heavy (non-hydrogen) atoms. The minimum absolute atomic E-state index is 0.0483. The van der Waals surface area contributed by atoms with Crippen molar-refractivity contribution in [2.24, 2.45) is 0 Å². The molecule has 2 aromatic carbocycles. The molecule has 0 spiro atoms. The van der Waals surface area contributed by atoms with Gasteiger partial charge in [0, 0.05) is 5.69 Å². The Labute approximate surface area is 110 Å². The summed E-state index contributed by atoms with van der Waals surface area (Å²) in [5.41, 5.74) is 7.86. The summed E-state index contributed by atoms with van der Waals surface area (Å²) in [7, 11) is 0. The van der Waals surface area contributed by atoms with Gasteiger partial charge in [0.15, 0.2) is 0 Å². The third-order valence-electron chi connectivity index (χ3n) is 2.73. The molecule has 0 amide bonds. The first-order chi connectivity index (χ1) is 9.06. The van der Waals surface area contributed by atoms with Crippen LogP contribution in [-0.4, -0.2) is 5.97 Å². The first-order valence-corrected chi connectivity index (χ1v) is 5.84. The second-order valence-corrected chi connectivity index (χ2v) is 4.29. The summed E-state index contributed by atoms with van der Waals surface area (Å²) in [5, 5.41) is 0. The van der Waals surface area contributed by atoms with Crippen LogP contribution in [0.4, 0.5) is 10.1 Å². The number of nitrogens with two attached hydrogens (primary N) is 1. The van der Waals surface area contributed by atoms with Crippen LogP contribution >= 0.6 is 0 Å². The summed E-state index contributed by atoms with van der Waals surface area (Å²) in [6.07, 6.45) is 0. The van der Waals surface area contributed by atoms with Crippen LogP contribution in [0.15, 0.2) is 42.5 Å². The highest BCUT2D eigenvalue weighted by Gasteiger charge is 2.12. The molecule has 0 heterocycles.